The van der Waals surface area contributed by atoms with Gasteiger partial charge in [0.25, 0.3) is 0 Å². The number of carbonyl (C=O) groups is 1. The molecule has 142 valence electrons. The third-order valence-corrected chi connectivity index (χ3v) is 4.85. The highest BCUT2D eigenvalue weighted by molar-refractivity contribution is 6.63. The third-order valence-electron chi connectivity index (χ3n) is 4.85. The van der Waals surface area contributed by atoms with Crippen molar-refractivity contribution in [2.45, 2.75) is 38.9 Å². The first-order valence-electron chi connectivity index (χ1n) is 8.60. The van der Waals surface area contributed by atoms with Gasteiger partial charge in [-0.05, 0) is 58.0 Å². The molecular formula is C19H23BN2O5. The van der Waals surface area contributed by atoms with Crippen molar-refractivity contribution in [1.29, 1.82) is 0 Å². The Kier molecular flexibility index (Phi) is 4.80. The lowest BCUT2D eigenvalue weighted by Gasteiger charge is -2.32. The van der Waals surface area contributed by atoms with Crippen LogP contribution in [-0.4, -0.2) is 29.5 Å². The number of benzene rings is 2. The Balaban J connectivity index is 1.91. The van der Waals surface area contributed by atoms with Crippen LogP contribution >= 0.6 is 0 Å². The van der Waals surface area contributed by atoms with E-state index in [0.717, 1.165) is 0 Å². The number of hydrogen-bond donors (Lipinski definition) is 3. The fraction of sp³-hybridized carbons (Fsp3) is 0.316. The molecule has 1 aliphatic heterocycles. The summed E-state index contributed by atoms with van der Waals surface area (Å²) in [5.41, 5.74) is 6.62. The molecule has 1 amide bonds. The summed E-state index contributed by atoms with van der Waals surface area (Å²) in [4.78, 5) is 10.8. The summed E-state index contributed by atoms with van der Waals surface area (Å²) < 4.78 is 18.2. The van der Waals surface area contributed by atoms with Gasteiger partial charge in [0.05, 0.1) is 11.2 Å². The SMILES string of the molecule is CC1(C)OB(c2cc(N)ccc2Oc2cccc(NC(=O)O)c2)OC1(C)C. The normalized spacial score (nSPS) is 17.6. The van der Waals surface area contributed by atoms with Crippen LogP contribution in [0.25, 0.3) is 0 Å². The molecule has 0 atom stereocenters. The van der Waals surface area contributed by atoms with Crippen molar-refractivity contribution in [1.82, 2.24) is 0 Å². The average molecular weight is 370 g/mol. The lowest BCUT2D eigenvalue weighted by molar-refractivity contribution is 0.00578. The van der Waals surface area contributed by atoms with Gasteiger partial charge in [0.15, 0.2) is 0 Å². The number of anilines is 2. The Morgan fingerprint density at radius 2 is 1.78 bits per heavy atom. The lowest BCUT2D eigenvalue weighted by Crippen LogP contribution is -2.41. The van der Waals surface area contributed by atoms with E-state index >= 15 is 0 Å². The zero-order valence-electron chi connectivity index (χ0n) is 15.8. The standard InChI is InChI=1S/C19H23BN2O5/c1-18(2)19(3,4)27-20(26-18)15-10-12(21)8-9-16(15)25-14-7-5-6-13(11-14)22-17(23)24/h5-11,22H,21H2,1-4H3,(H,23,24). The molecule has 2 aromatic rings. The van der Waals surface area contributed by atoms with Gasteiger partial charge in [-0.1, -0.05) is 6.07 Å². The summed E-state index contributed by atoms with van der Waals surface area (Å²) in [6, 6.07) is 11.9. The predicted molar refractivity (Wildman–Crippen MR) is 105 cm³/mol. The van der Waals surface area contributed by atoms with Crippen LogP contribution in [0.1, 0.15) is 27.7 Å². The van der Waals surface area contributed by atoms with Crippen LogP contribution in [0, 0.1) is 0 Å². The second kappa shape index (κ2) is 6.79. The van der Waals surface area contributed by atoms with E-state index in [9.17, 15) is 4.79 Å². The molecule has 2 aromatic carbocycles. The number of nitrogens with two attached hydrogens (primary N) is 1. The van der Waals surface area contributed by atoms with Gasteiger partial charge in [-0.3, -0.25) is 5.32 Å². The van der Waals surface area contributed by atoms with E-state index in [4.69, 9.17) is 24.9 Å². The molecule has 0 spiro atoms. The van der Waals surface area contributed by atoms with Gasteiger partial charge in [0, 0.05) is 22.9 Å². The molecule has 8 heteroatoms. The van der Waals surface area contributed by atoms with Crippen LogP contribution < -0.4 is 21.3 Å². The van der Waals surface area contributed by atoms with Crippen molar-refractivity contribution >= 4 is 30.0 Å². The topological polar surface area (TPSA) is 103 Å². The molecule has 1 aliphatic rings. The van der Waals surface area contributed by atoms with Crippen LogP contribution in [-0.2, 0) is 9.31 Å². The van der Waals surface area contributed by atoms with Crippen molar-refractivity contribution in [2.24, 2.45) is 0 Å². The first-order valence-corrected chi connectivity index (χ1v) is 8.60. The number of rotatable bonds is 4. The number of carboxylic acid groups (broad SMARTS) is 1. The second-order valence-electron chi connectivity index (χ2n) is 7.45. The lowest BCUT2D eigenvalue weighted by atomic mass is 9.78. The molecule has 0 radical (unpaired) electrons. The molecule has 0 saturated carbocycles. The van der Waals surface area contributed by atoms with Gasteiger partial charge in [-0.25, -0.2) is 4.79 Å². The molecule has 27 heavy (non-hydrogen) atoms. The van der Waals surface area contributed by atoms with Gasteiger partial charge >= 0.3 is 13.2 Å². The summed E-state index contributed by atoms with van der Waals surface area (Å²) in [6.07, 6.45) is -1.14. The molecule has 4 N–H and O–H groups in total. The van der Waals surface area contributed by atoms with E-state index in [1.54, 1.807) is 42.5 Å². The van der Waals surface area contributed by atoms with Crippen molar-refractivity contribution in [3.05, 3.63) is 42.5 Å². The number of nitrogens with one attached hydrogen (secondary N) is 1. The van der Waals surface area contributed by atoms with Crippen LogP contribution in [0.5, 0.6) is 11.5 Å². The molecule has 1 fully saturated rings. The minimum atomic E-state index is -1.14. The maximum absolute atomic E-state index is 10.8. The summed E-state index contributed by atoms with van der Waals surface area (Å²) in [5, 5.41) is 11.2. The molecule has 7 nitrogen and oxygen atoms in total. The Morgan fingerprint density at radius 3 is 2.41 bits per heavy atom. The van der Waals surface area contributed by atoms with Gasteiger partial charge in [-0.15, -0.1) is 0 Å². The van der Waals surface area contributed by atoms with Crippen LogP contribution in [0.3, 0.4) is 0 Å². The number of hydrogen-bond acceptors (Lipinski definition) is 5. The summed E-state index contributed by atoms with van der Waals surface area (Å²) in [6.45, 7) is 7.89. The van der Waals surface area contributed by atoms with Crippen molar-refractivity contribution in [2.75, 3.05) is 11.1 Å². The highest BCUT2D eigenvalue weighted by Crippen LogP contribution is 2.37. The van der Waals surface area contributed by atoms with E-state index in [1.807, 2.05) is 27.7 Å². The highest BCUT2D eigenvalue weighted by atomic mass is 16.7. The average Bonchev–Trinajstić information content (AvgIpc) is 2.77. The molecule has 1 heterocycles. The Hall–Kier alpha value is -2.71. The molecular weight excluding hydrogens is 347 g/mol. The quantitative estimate of drug-likeness (QED) is 0.563. The maximum atomic E-state index is 10.8. The molecule has 3 rings (SSSR count). The molecule has 0 bridgehead atoms. The minimum Gasteiger partial charge on any atom is -0.465 e. The van der Waals surface area contributed by atoms with E-state index < -0.39 is 24.4 Å². The zero-order valence-corrected chi connectivity index (χ0v) is 15.8. The molecule has 1 saturated heterocycles. The van der Waals surface area contributed by atoms with E-state index in [-0.39, 0.29) is 0 Å². The fourth-order valence-corrected chi connectivity index (χ4v) is 2.70. The number of amides is 1. The maximum Gasteiger partial charge on any atom is 0.498 e. The number of nitrogen functional groups attached to an aromatic ring is 1. The van der Waals surface area contributed by atoms with Gasteiger partial charge < -0.3 is 24.9 Å². The monoisotopic (exact) mass is 370 g/mol. The van der Waals surface area contributed by atoms with Gasteiger partial charge in [0.1, 0.15) is 11.5 Å². The third kappa shape index (κ3) is 4.01. The van der Waals surface area contributed by atoms with Crippen molar-refractivity contribution in [3.8, 4) is 11.5 Å². The van der Waals surface area contributed by atoms with E-state index in [1.165, 1.54) is 0 Å². The summed E-state index contributed by atoms with van der Waals surface area (Å²) in [7, 11) is -0.631. The summed E-state index contributed by atoms with van der Waals surface area (Å²) >= 11 is 0. The zero-order chi connectivity index (χ0) is 19.8. The summed E-state index contributed by atoms with van der Waals surface area (Å²) in [5.74, 6) is 0.999. The largest absolute Gasteiger partial charge is 0.498 e. The highest BCUT2D eigenvalue weighted by Gasteiger charge is 2.52. The molecule has 0 unspecified atom stereocenters. The Morgan fingerprint density at radius 1 is 1.11 bits per heavy atom. The van der Waals surface area contributed by atoms with Crippen molar-refractivity contribution in [3.63, 3.8) is 0 Å². The van der Waals surface area contributed by atoms with Crippen LogP contribution in [0.2, 0.25) is 0 Å². The number of ether oxygens (including phenoxy) is 1. The minimum absolute atomic E-state index is 0.410. The van der Waals surface area contributed by atoms with Crippen LogP contribution in [0.4, 0.5) is 16.2 Å². The van der Waals surface area contributed by atoms with Crippen molar-refractivity contribution < 1.29 is 23.9 Å². The first kappa shape index (κ1) is 19.1. The Labute approximate surface area is 158 Å². The Bertz CT molecular complexity index is 853. The predicted octanol–water partition coefficient (Wildman–Crippen LogP) is 3.45. The second-order valence-corrected chi connectivity index (χ2v) is 7.45. The van der Waals surface area contributed by atoms with E-state index in [2.05, 4.69) is 5.32 Å². The smallest absolute Gasteiger partial charge is 0.465 e. The first-order chi connectivity index (χ1) is 12.6. The van der Waals surface area contributed by atoms with Gasteiger partial charge in [0.2, 0.25) is 0 Å². The fourth-order valence-electron chi connectivity index (χ4n) is 2.70. The molecule has 0 aliphatic carbocycles. The molecule has 0 aromatic heterocycles. The van der Waals surface area contributed by atoms with Gasteiger partial charge in [-0.2, -0.15) is 0 Å². The van der Waals surface area contributed by atoms with E-state index in [0.29, 0.717) is 28.3 Å². The van der Waals surface area contributed by atoms with Crippen LogP contribution in [0.15, 0.2) is 42.5 Å².